The van der Waals surface area contributed by atoms with Gasteiger partial charge in [0.25, 0.3) is 0 Å². The molecule has 16 heavy (non-hydrogen) atoms. The molecule has 1 amide bonds. The van der Waals surface area contributed by atoms with Crippen molar-refractivity contribution in [2.24, 2.45) is 0 Å². The molecule has 0 saturated heterocycles. The molecule has 1 unspecified atom stereocenters. The maximum Gasteiger partial charge on any atom is 0.238 e. The van der Waals surface area contributed by atoms with Crippen molar-refractivity contribution in [3.05, 3.63) is 29.3 Å². The minimum atomic E-state index is -0.0532. The summed E-state index contributed by atoms with van der Waals surface area (Å²) < 4.78 is 0. The molecule has 0 fully saturated rings. The average molecular weight is 241 g/mol. The quantitative estimate of drug-likeness (QED) is 0.831. The zero-order valence-electron chi connectivity index (χ0n) is 9.59. The Bertz CT molecular complexity index is 355. The monoisotopic (exact) mass is 240 g/mol. The molecule has 1 aromatic carbocycles. The molecule has 0 aromatic heterocycles. The van der Waals surface area contributed by atoms with Gasteiger partial charge < -0.3 is 10.6 Å². The van der Waals surface area contributed by atoms with Crippen molar-refractivity contribution in [3.63, 3.8) is 0 Å². The van der Waals surface area contributed by atoms with Crippen molar-refractivity contribution >= 4 is 23.2 Å². The molecule has 0 spiro atoms. The molecular weight excluding hydrogens is 224 g/mol. The molecular formula is C12H17ClN2O. The van der Waals surface area contributed by atoms with Crippen LogP contribution in [-0.4, -0.2) is 18.5 Å². The highest BCUT2D eigenvalue weighted by Gasteiger charge is 2.04. The van der Waals surface area contributed by atoms with Crippen molar-refractivity contribution in [2.75, 3.05) is 11.9 Å². The lowest BCUT2D eigenvalue weighted by Gasteiger charge is -2.11. The smallest absolute Gasteiger partial charge is 0.238 e. The van der Waals surface area contributed by atoms with Gasteiger partial charge in [0.15, 0.2) is 0 Å². The molecule has 0 aliphatic rings. The van der Waals surface area contributed by atoms with Crippen molar-refractivity contribution in [2.45, 2.75) is 26.3 Å². The first-order valence-electron chi connectivity index (χ1n) is 5.40. The second kappa shape index (κ2) is 6.51. The van der Waals surface area contributed by atoms with E-state index in [0.717, 1.165) is 12.1 Å². The van der Waals surface area contributed by atoms with Gasteiger partial charge in [-0.15, -0.1) is 0 Å². The number of amides is 1. The second-order valence-corrected chi connectivity index (χ2v) is 4.19. The van der Waals surface area contributed by atoms with Gasteiger partial charge in [-0.3, -0.25) is 4.79 Å². The number of carbonyl (C=O) groups excluding carboxylic acids is 1. The average Bonchev–Trinajstić information content (AvgIpc) is 2.26. The van der Waals surface area contributed by atoms with Gasteiger partial charge in [-0.25, -0.2) is 0 Å². The Morgan fingerprint density at radius 1 is 1.50 bits per heavy atom. The summed E-state index contributed by atoms with van der Waals surface area (Å²) >= 11 is 5.81. The van der Waals surface area contributed by atoms with Gasteiger partial charge in [0, 0.05) is 16.8 Å². The highest BCUT2D eigenvalue weighted by molar-refractivity contribution is 6.30. The van der Waals surface area contributed by atoms with E-state index in [2.05, 4.69) is 17.6 Å². The fourth-order valence-corrected chi connectivity index (χ4v) is 1.37. The van der Waals surface area contributed by atoms with E-state index in [1.54, 1.807) is 18.2 Å². The number of hydrogen-bond donors (Lipinski definition) is 2. The van der Waals surface area contributed by atoms with Gasteiger partial charge in [-0.2, -0.15) is 0 Å². The molecule has 0 radical (unpaired) electrons. The predicted octanol–water partition coefficient (Wildman–Crippen LogP) is 2.67. The van der Waals surface area contributed by atoms with Crippen LogP contribution in [-0.2, 0) is 4.79 Å². The molecule has 0 heterocycles. The Morgan fingerprint density at radius 3 is 2.88 bits per heavy atom. The van der Waals surface area contributed by atoms with Crippen LogP contribution in [0.5, 0.6) is 0 Å². The third-order valence-corrected chi connectivity index (χ3v) is 2.57. The lowest BCUT2D eigenvalue weighted by atomic mass is 10.2. The molecule has 1 rings (SSSR count). The Kier molecular flexibility index (Phi) is 5.29. The van der Waals surface area contributed by atoms with Crippen molar-refractivity contribution in [3.8, 4) is 0 Å². The maximum absolute atomic E-state index is 11.5. The van der Waals surface area contributed by atoms with Crippen LogP contribution in [0, 0.1) is 0 Å². The van der Waals surface area contributed by atoms with Crippen LogP contribution >= 0.6 is 11.6 Å². The SMILES string of the molecule is CCC(C)NCC(=O)Nc1cccc(Cl)c1. The summed E-state index contributed by atoms with van der Waals surface area (Å²) in [5.74, 6) is -0.0532. The van der Waals surface area contributed by atoms with Gasteiger partial charge in [0.05, 0.1) is 6.54 Å². The lowest BCUT2D eigenvalue weighted by Crippen LogP contribution is -2.33. The van der Waals surface area contributed by atoms with E-state index in [0.29, 0.717) is 17.6 Å². The number of benzene rings is 1. The summed E-state index contributed by atoms with van der Waals surface area (Å²) in [6.45, 7) is 4.45. The Labute approximate surface area is 101 Å². The van der Waals surface area contributed by atoms with E-state index >= 15 is 0 Å². The van der Waals surface area contributed by atoms with Crippen LogP contribution in [0.15, 0.2) is 24.3 Å². The van der Waals surface area contributed by atoms with Gasteiger partial charge in [0.1, 0.15) is 0 Å². The first kappa shape index (κ1) is 13.0. The highest BCUT2D eigenvalue weighted by Crippen LogP contribution is 2.14. The minimum absolute atomic E-state index is 0.0532. The summed E-state index contributed by atoms with van der Waals surface area (Å²) in [5.41, 5.74) is 0.725. The molecule has 4 heteroatoms. The van der Waals surface area contributed by atoms with Crippen LogP contribution in [0.4, 0.5) is 5.69 Å². The molecule has 0 bridgehead atoms. The topological polar surface area (TPSA) is 41.1 Å². The van der Waals surface area contributed by atoms with Gasteiger partial charge in [0.2, 0.25) is 5.91 Å². The lowest BCUT2D eigenvalue weighted by molar-refractivity contribution is -0.115. The van der Waals surface area contributed by atoms with Gasteiger partial charge >= 0.3 is 0 Å². The minimum Gasteiger partial charge on any atom is -0.325 e. The van der Waals surface area contributed by atoms with E-state index in [-0.39, 0.29) is 5.91 Å². The van der Waals surface area contributed by atoms with E-state index in [9.17, 15) is 4.79 Å². The first-order chi connectivity index (χ1) is 7.61. The molecule has 0 aliphatic carbocycles. The van der Waals surface area contributed by atoms with Crippen molar-refractivity contribution < 1.29 is 4.79 Å². The molecule has 88 valence electrons. The van der Waals surface area contributed by atoms with Gasteiger partial charge in [-0.1, -0.05) is 24.6 Å². The zero-order valence-corrected chi connectivity index (χ0v) is 10.3. The van der Waals surface area contributed by atoms with Crippen molar-refractivity contribution in [1.29, 1.82) is 0 Å². The molecule has 2 N–H and O–H groups in total. The number of anilines is 1. The summed E-state index contributed by atoms with van der Waals surface area (Å²) in [4.78, 5) is 11.5. The Morgan fingerprint density at radius 2 is 2.25 bits per heavy atom. The standard InChI is InChI=1S/C12H17ClN2O/c1-3-9(2)14-8-12(16)15-11-6-4-5-10(13)7-11/h4-7,9,14H,3,8H2,1-2H3,(H,15,16). The summed E-state index contributed by atoms with van der Waals surface area (Å²) in [7, 11) is 0. The highest BCUT2D eigenvalue weighted by atomic mass is 35.5. The molecule has 0 saturated carbocycles. The zero-order chi connectivity index (χ0) is 12.0. The van der Waals surface area contributed by atoms with E-state index in [1.807, 2.05) is 13.0 Å². The molecule has 0 aliphatic heterocycles. The normalized spacial score (nSPS) is 12.2. The van der Waals surface area contributed by atoms with Crippen LogP contribution < -0.4 is 10.6 Å². The van der Waals surface area contributed by atoms with E-state index in [4.69, 9.17) is 11.6 Å². The fourth-order valence-electron chi connectivity index (χ4n) is 1.18. The predicted molar refractivity (Wildman–Crippen MR) is 67.8 cm³/mol. The Balaban J connectivity index is 2.40. The van der Waals surface area contributed by atoms with E-state index < -0.39 is 0 Å². The third-order valence-electron chi connectivity index (χ3n) is 2.33. The Hall–Kier alpha value is -1.06. The summed E-state index contributed by atoms with van der Waals surface area (Å²) in [5, 5.41) is 6.52. The van der Waals surface area contributed by atoms with Crippen LogP contribution in [0.2, 0.25) is 5.02 Å². The largest absolute Gasteiger partial charge is 0.325 e. The number of halogens is 1. The molecule has 1 aromatic rings. The summed E-state index contributed by atoms with van der Waals surface area (Å²) in [6, 6.07) is 7.47. The van der Waals surface area contributed by atoms with Crippen LogP contribution in [0.3, 0.4) is 0 Å². The van der Waals surface area contributed by atoms with Crippen molar-refractivity contribution in [1.82, 2.24) is 5.32 Å². The molecule has 1 atom stereocenters. The van der Waals surface area contributed by atoms with Crippen LogP contribution in [0.25, 0.3) is 0 Å². The number of hydrogen-bond acceptors (Lipinski definition) is 2. The first-order valence-corrected chi connectivity index (χ1v) is 5.78. The second-order valence-electron chi connectivity index (χ2n) is 3.75. The fraction of sp³-hybridized carbons (Fsp3) is 0.417. The van der Waals surface area contributed by atoms with Gasteiger partial charge in [-0.05, 0) is 31.5 Å². The summed E-state index contributed by atoms with van der Waals surface area (Å²) in [6.07, 6.45) is 1.00. The van der Waals surface area contributed by atoms with Crippen LogP contribution in [0.1, 0.15) is 20.3 Å². The number of rotatable bonds is 5. The third kappa shape index (κ3) is 4.64. The number of nitrogens with one attached hydrogen (secondary N) is 2. The number of carbonyl (C=O) groups is 1. The maximum atomic E-state index is 11.5. The molecule has 3 nitrogen and oxygen atoms in total. The van der Waals surface area contributed by atoms with E-state index in [1.165, 1.54) is 0 Å².